The van der Waals surface area contributed by atoms with Gasteiger partial charge in [-0.1, -0.05) is 0 Å². The van der Waals surface area contributed by atoms with Gasteiger partial charge in [0.05, 0.1) is 29.4 Å². The van der Waals surface area contributed by atoms with Crippen LogP contribution in [0.25, 0.3) is 11.4 Å². The van der Waals surface area contributed by atoms with Crippen LogP contribution in [0.1, 0.15) is 10.6 Å². The summed E-state index contributed by atoms with van der Waals surface area (Å²) >= 11 is 1.28. The van der Waals surface area contributed by atoms with Gasteiger partial charge in [-0.2, -0.15) is 18.4 Å². The fourth-order valence-electron chi connectivity index (χ4n) is 1.29. The molecule has 0 fully saturated rings. The predicted octanol–water partition coefficient (Wildman–Crippen LogP) is 3.29. The average Bonchev–Trinajstić information content (AvgIpc) is 2.77. The zero-order chi connectivity index (χ0) is 13.2. The van der Waals surface area contributed by atoms with Crippen LogP contribution in [0.3, 0.4) is 0 Å². The molecule has 0 saturated carbocycles. The van der Waals surface area contributed by atoms with Crippen molar-refractivity contribution < 1.29 is 13.2 Å². The van der Waals surface area contributed by atoms with Crippen molar-refractivity contribution in [1.29, 1.82) is 5.26 Å². The summed E-state index contributed by atoms with van der Waals surface area (Å²) in [7, 11) is 0. The van der Waals surface area contributed by atoms with Gasteiger partial charge in [0, 0.05) is 11.6 Å². The van der Waals surface area contributed by atoms with Crippen LogP contribution in [0.15, 0.2) is 23.7 Å². The standard InChI is InChI=1S/C11H6F3N3S/c12-11(13,14)7-1-2-8(16-5-7)9-6-18-10(17-9)3-4-15/h1-2,5-6H,3H2. The molecular weight excluding hydrogens is 263 g/mol. The summed E-state index contributed by atoms with van der Waals surface area (Å²) in [6, 6.07) is 4.19. The molecule has 2 aromatic rings. The highest BCUT2D eigenvalue weighted by atomic mass is 32.1. The first-order valence-corrected chi connectivity index (χ1v) is 5.73. The van der Waals surface area contributed by atoms with Gasteiger partial charge < -0.3 is 0 Å². The Balaban J connectivity index is 2.26. The van der Waals surface area contributed by atoms with Gasteiger partial charge in [0.25, 0.3) is 0 Å². The van der Waals surface area contributed by atoms with Crippen molar-refractivity contribution in [3.63, 3.8) is 0 Å². The van der Waals surface area contributed by atoms with E-state index in [0.717, 1.165) is 12.3 Å². The fraction of sp³-hybridized carbons (Fsp3) is 0.182. The van der Waals surface area contributed by atoms with E-state index in [2.05, 4.69) is 9.97 Å². The lowest BCUT2D eigenvalue weighted by molar-refractivity contribution is -0.137. The maximum absolute atomic E-state index is 12.3. The van der Waals surface area contributed by atoms with E-state index in [0.29, 0.717) is 16.4 Å². The number of hydrogen-bond acceptors (Lipinski definition) is 4. The monoisotopic (exact) mass is 269 g/mol. The summed E-state index contributed by atoms with van der Waals surface area (Å²) < 4.78 is 37.0. The van der Waals surface area contributed by atoms with E-state index >= 15 is 0 Å². The van der Waals surface area contributed by atoms with Crippen LogP contribution in [-0.2, 0) is 12.6 Å². The third kappa shape index (κ3) is 2.65. The molecule has 0 unspecified atom stereocenters. The maximum atomic E-state index is 12.3. The smallest absolute Gasteiger partial charge is 0.254 e. The molecular formula is C11H6F3N3S. The van der Waals surface area contributed by atoms with Crippen LogP contribution in [-0.4, -0.2) is 9.97 Å². The predicted molar refractivity (Wildman–Crippen MR) is 59.7 cm³/mol. The molecule has 0 aromatic carbocycles. The van der Waals surface area contributed by atoms with E-state index < -0.39 is 11.7 Å². The molecule has 0 radical (unpaired) electrons. The Labute approximate surface area is 105 Å². The molecule has 7 heteroatoms. The number of hydrogen-bond donors (Lipinski definition) is 0. The third-order valence-electron chi connectivity index (χ3n) is 2.14. The SMILES string of the molecule is N#CCc1nc(-c2ccc(C(F)(F)F)cn2)cs1. The molecule has 2 rings (SSSR count). The Morgan fingerprint density at radius 3 is 2.61 bits per heavy atom. The number of halogens is 3. The molecule has 0 amide bonds. The molecule has 92 valence electrons. The normalized spacial score (nSPS) is 11.2. The summed E-state index contributed by atoms with van der Waals surface area (Å²) in [4.78, 5) is 7.84. The molecule has 0 bridgehead atoms. The molecule has 3 nitrogen and oxygen atoms in total. The van der Waals surface area contributed by atoms with Gasteiger partial charge in [0.1, 0.15) is 5.01 Å². The van der Waals surface area contributed by atoms with Crippen molar-refractivity contribution in [1.82, 2.24) is 9.97 Å². The van der Waals surface area contributed by atoms with Gasteiger partial charge in [-0.15, -0.1) is 11.3 Å². The number of nitrogens with zero attached hydrogens (tertiary/aromatic N) is 3. The second-order valence-electron chi connectivity index (χ2n) is 3.39. The van der Waals surface area contributed by atoms with Crippen molar-refractivity contribution in [2.24, 2.45) is 0 Å². The summed E-state index contributed by atoms with van der Waals surface area (Å²) in [5.74, 6) is 0. The Morgan fingerprint density at radius 2 is 2.06 bits per heavy atom. The highest BCUT2D eigenvalue weighted by molar-refractivity contribution is 7.10. The molecule has 0 aliphatic rings. The van der Waals surface area contributed by atoms with E-state index in [4.69, 9.17) is 5.26 Å². The Bertz CT molecular complexity index is 581. The van der Waals surface area contributed by atoms with Crippen molar-refractivity contribution >= 4 is 11.3 Å². The largest absolute Gasteiger partial charge is 0.417 e. The van der Waals surface area contributed by atoms with Crippen LogP contribution in [0.2, 0.25) is 0 Å². The molecule has 0 aliphatic carbocycles. The first-order chi connectivity index (χ1) is 8.50. The van der Waals surface area contributed by atoms with Crippen molar-refractivity contribution in [2.75, 3.05) is 0 Å². The van der Waals surface area contributed by atoms with Gasteiger partial charge >= 0.3 is 6.18 Å². The lowest BCUT2D eigenvalue weighted by Crippen LogP contribution is -2.05. The van der Waals surface area contributed by atoms with Crippen LogP contribution in [0.4, 0.5) is 13.2 Å². The van der Waals surface area contributed by atoms with Gasteiger partial charge in [-0.05, 0) is 12.1 Å². The minimum atomic E-state index is -4.39. The number of thiazole rings is 1. The van der Waals surface area contributed by atoms with Crippen molar-refractivity contribution in [3.05, 3.63) is 34.3 Å². The molecule has 18 heavy (non-hydrogen) atoms. The minimum absolute atomic E-state index is 0.186. The summed E-state index contributed by atoms with van der Waals surface area (Å²) in [6.45, 7) is 0. The van der Waals surface area contributed by atoms with E-state index in [9.17, 15) is 13.2 Å². The molecule has 0 aliphatic heterocycles. The Morgan fingerprint density at radius 1 is 1.28 bits per heavy atom. The number of rotatable bonds is 2. The highest BCUT2D eigenvalue weighted by Crippen LogP contribution is 2.29. The first-order valence-electron chi connectivity index (χ1n) is 4.85. The number of alkyl halides is 3. The molecule has 0 saturated heterocycles. The van der Waals surface area contributed by atoms with E-state index in [1.807, 2.05) is 6.07 Å². The van der Waals surface area contributed by atoms with Crippen molar-refractivity contribution in [2.45, 2.75) is 12.6 Å². The van der Waals surface area contributed by atoms with E-state index in [1.165, 1.54) is 17.4 Å². The van der Waals surface area contributed by atoms with Gasteiger partial charge in [-0.3, -0.25) is 4.98 Å². The summed E-state index contributed by atoms with van der Waals surface area (Å²) in [6.07, 6.45) is -3.43. The Kier molecular flexibility index (Phi) is 3.30. The molecule has 2 heterocycles. The van der Waals surface area contributed by atoms with Crippen LogP contribution >= 0.6 is 11.3 Å². The number of nitriles is 1. The summed E-state index contributed by atoms with van der Waals surface area (Å²) in [5, 5.41) is 10.8. The van der Waals surface area contributed by atoms with E-state index in [1.54, 1.807) is 5.38 Å². The maximum Gasteiger partial charge on any atom is 0.417 e. The lowest BCUT2D eigenvalue weighted by Gasteiger charge is -2.05. The zero-order valence-electron chi connectivity index (χ0n) is 8.90. The zero-order valence-corrected chi connectivity index (χ0v) is 9.72. The second-order valence-corrected chi connectivity index (χ2v) is 4.33. The second kappa shape index (κ2) is 4.74. The van der Waals surface area contributed by atoms with Crippen LogP contribution in [0.5, 0.6) is 0 Å². The third-order valence-corrected chi connectivity index (χ3v) is 2.98. The fourth-order valence-corrected chi connectivity index (χ4v) is 2.01. The number of aromatic nitrogens is 2. The molecule has 0 N–H and O–H groups in total. The molecule has 2 aromatic heterocycles. The minimum Gasteiger partial charge on any atom is -0.254 e. The Hall–Kier alpha value is -1.94. The van der Waals surface area contributed by atoms with Gasteiger partial charge in [-0.25, -0.2) is 4.98 Å². The van der Waals surface area contributed by atoms with Gasteiger partial charge in [0.15, 0.2) is 0 Å². The van der Waals surface area contributed by atoms with Crippen LogP contribution < -0.4 is 0 Å². The average molecular weight is 269 g/mol. The van der Waals surface area contributed by atoms with Gasteiger partial charge in [0.2, 0.25) is 0 Å². The quantitative estimate of drug-likeness (QED) is 0.840. The van der Waals surface area contributed by atoms with Crippen LogP contribution in [0, 0.1) is 11.3 Å². The van der Waals surface area contributed by atoms with Crippen molar-refractivity contribution in [3.8, 4) is 17.5 Å². The lowest BCUT2D eigenvalue weighted by atomic mass is 10.2. The number of pyridine rings is 1. The van der Waals surface area contributed by atoms with E-state index in [-0.39, 0.29) is 6.42 Å². The first kappa shape index (κ1) is 12.5. The summed E-state index contributed by atoms with van der Waals surface area (Å²) in [5.41, 5.74) is 0.0566. The molecule has 0 spiro atoms. The molecule has 0 atom stereocenters. The topological polar surface area (TPSA) is 49.6 Å². The highest BCUT2D eigenvalue weighted by Gasteiger charge is 2.30.